The van der Waals surface area contributed by atoms with Crippen molar-refractivity contribution in [1.82, 2.24) is 5.32 Å². The molecule has 6 nitrogen and oxygen atoms in total. The van der Waals surface area contributed by atoms with E-state index < -0.39 is 4.92 Å². The Morgan fingerprint density at radius 3 is 2.52 bits per heavy atom. The van der Waals surface area contributed by atoms with Crippen molar-refractivity contribution in [2.45, 2.75) is 4.90 Å². The highest BCUT2D eigenvalue weighted by molar-refractivity contribution is 8.00. The zero-order valence-corrected chi connectivity index (χ0v) is 15.3. The normalized spacial score (nSPS) is 10.5. The van der Waals surface area contributed by atoms with Crippen LogP contribution in [0.5, 0.6) is 5.75 Å². The number of hydrogen-bond donors (Lipinski definition) is 1. The standard InChI is InChI=1S/C20H18N2O4S/c23-20(14-27-19-9-6-17(7-10-19)22(24)25)21-11-12-26-18-8-5-15-3-1-2-4-16(15)13-18/h1-10,13H,11-12,14H2,(H,21,23). The molecule has 0 saturated heterocycles. The number of nitrogens with one attached hydrogen (secondary N) is 1. The third kappa shape index (κ3) is 5.46. The number of nitrogens with zero attached hydrogens (tertiary/aromatic N) is 1. The molecule has 0 unspecified atom stereocenters. The summed E-state index contributed by atoms with van der Waals surface area (Å²) in [5.74, 6) is 0.900. The number of hydrogen-bond acceptors (Lipinski definition) is 5. The highest BCUT2D eigenvalue weighted by atomic mass is 32.2. The molecule has 0 aliphatic heterocycles. The van der Waals surface area contributed by atoms with E-state index in [4.69, 9.17) is 4.74 Å². The second kappa shape index (κ2) is 9.05. The summed E-state index contributed by atoms with van der Waals surface area (Å²) in [4.78, 5) is 22.9. The minimum atomic E-state index is -0.448. The first kappa shape index (κ1) is 18.7. The van der Waals surface area contributed by atoms with Crippen LogP contribution in [0, 0.1) is 10.1 Å². The van der Waals surface area contributed by atoms with Gasteiger partial charge >= 0.3 is 0 Å². The van der Waals surface area contributed by atoms with Crippen molar-refractivity contribution in [1.29, 1.82) is 0 Å². The molecule has 0 aromatic heterocycles. The van der Waals surface area contributed by atoms with Crippen molar-refractivity contribution in [3.05, 3.63) is 76.8 Å². The summed E-state index contributed by atoms with van der Waals surface area (Å²) in [5, 5.41) is 15.7. The van der Waals surface area contributed by atoms with Gasteiger partial charge in [-0.25, -0.2) is 0 Å². The molecule has 0 saturated carbocycles. The number of rotatable bonds is 8. The van der Waals surface area contributed by atoms with E-state index in [0.29, 0.717) is 13.2 Å². The summed E-state index contributed by atoms with van der Waals surface area (Å²) in [7, 11) is 0. The predicted octanol–water partition coefficient (Wildman–Crippen LogP) is 4.04. The van der Waals surface area contributed by atoms with Gasteiger partial charge in [-0.05, 0) is 35.0 Å². The van der Waals surface area contributed by atoms with Crippen LogP contribution in [0.1, 0.15) is 0 Å². The minimum absolute atomic E-state index is 0.0367. The highest BCUT2D eigenvalue weighted by Crippen LogP contribution is 2.21. The fourth-order valence-electron chi connectivity index (χ4n) is 2.48. The molecule has 138 valence electrons. The number of ether oxygens (including phenoxy) is 1. The van der Waals surface area contributed by atoms with Gasteiger partial charge in [-0.1, -0.05) is 30.3 Å². The van der Waals surface area contributed by atoms with Crippen LogP contribution in [0.3, 0.4) is 0 Å². The predicted molar refractivity (Wildman–Crippen MR) is 106 cm³/mol. The molecule has 1 amide bonds. The van der Waals surface area contributed by atoms with Crippen molar-refractivity contribution in [2.75, 3.05) is 18.9 Å². The second-order valence-electron chi connectivity index (χ2n) is 5.75. The second-order valence-corrected chi connectivity index (χ2v) is 6.80. The van der Waals surface area contributed by atoms with Crippen molar-refractivity contribution in [2.24, 2.45) is 0 Å². The molecular formula is C20H18N2O4S. The summed E-state index contributed by atoms with van der Waals surface area (Å²) < 4.78 is 5.68. The van der Waals surface area contributed by atoms with Crippen LogP contribution in [0.2, 0.25) is 0 Å². The average molecular weight is 382 g/mol. The Bertz CT molecular complexity index is 944. The fourth-order valence-corrected chi connectivity index (χ4v) is 3.21. The number of nitro benzene ring substituents is 1. The molecule has 3 aromatic carbocycles. The first-order valence-corrected chi connectivity index (χ1v) is 9.36. The van der Waals surface area contributed by atoms with Gasteiger partial charge in [0.15, 0.2) is 0 Å². The molecule has 0 fully saturated rings. The summed E-state index contributed by atoms with van der Waals surface area (Å²) in [6.45, 7) is 0.790. The van der Waals surface area contributed by atoms with E-state index in [-0.39, 0.29) is 17.3 Å². The van der Waals surface area contributed by atoms with Crippen molar-refractivity contribution >= 4 is 34.1 Å². The van der Waals surface area contributed by atoms with E-state index >= 15 is 0 Å². The van der Waals surface area contributed by atoms with Gasteiger partial charge in [-0.2, -0.15) is 0 Å². The van der Waals surface area contributed by atoms with Gasteiger partial charge in [0.05, 0.1) is 17.2 Å². The topological polar surface area (TPSA) is 81.5 Å². The summed E-state index contributed by atoms with van der Waals surface area (Å²) in [6.07, 6.45) is 0. The Hall–Kier alpha value is -3.06. The van der Waals surface area contributed by atoms with Crippen molar-refractivity contribution in [3.8, 4) is 5.75 Å². The molecule has 0 aliphatic rings. The number of carbonyl (C=O) groups excluding carboxylic acids is 1. The van der Waals surface area contributed by atoms with Crippen LogP contribution >= 0.6 is 11.8 Å². The molecule has 7 heteroatoms. The number of carbonyl (C=O) groups is 1. The molecule has 1 N–H and O–H groups in total. The number of benzene rings is 3. The van der Waals surface area contributed by atoms with E-state index in [9.17, 15) is 14.9 Å². The number of non-ortho nitro benzene ring substituents is 1. The molecule has 0 heterocycles. The minimum Gasteiger partial charge on any atom is -0.492 e. The smallest absolute Gasteiger partial charge is 0.269 e. The van der Waals surface area contributed by atoms with Crippen LogP contribution in [0.25, 0.3) is 10.8 Å². The molecule has 3 rings (SSSR count). The Morgan fingerprint density at radius 2 is 1.78 bits per heavy atom. The molecule has 0 bridgehead atoms. The van der Waals surface area contributed by atoms with Gasteiger partial charge < -0.3 is 10.1 Å². The maximum atomic E-state index is 11.9. The van der Waals surface area contributed by atoms with Crippen molar-refractivity contribution in [3.63, 3.8) is 0 Å². The van der Waals surface area contributed by atoms with Gasteiger partial charge in [0, 0.05) is 17.0 Å². The Balaban J connectivity index is 1.38. The summed E-state index contributed by atoms with van der Waals surface area (Å²) in [6, 6.07) is 20.1. The third-order valence-electron chi connectivity index (χ3n) is 3.83. The lowest BCUT2D eigenvalue weighted by Crippen LogP contribution is -2.29. The Labute approximate surface area is 160 Å². The Kier molecular flexibility index (Phi) is 6.27. The molecular weight excluding hydrogens is 364 g/mol. The lowest BCUT2D eigenvalue weighted by atomic mass is 10.1. The van der Waals surface area contributed by atoms with E-state index in [1.165, 1.54) is 23.9 Å². The van der Waals surface area contributed by atoms with Gasteiger partial charge in [0.25, 0.3) is 5.69 Å². The average Bonchev–Trinajstić information content (AvgIpc) is 2.70. The zero-order chi connectivity index (χ0) is 19.1. The van der Waals surface area contributed by atoms with Gasteiger partial charge in [-0.3, -0.25) is 14.9 Å². The third-order valence-corrected chi connectivity index (χ3v) is 4.84. The number of fused-ring (bicyclic) bond motifs is 1. The number of nitro groups is 1. The van der Waals surface area contributed by atoms with Crippen LogP contribution in [0.4, 0.5) is 5.69 Å². The van der Waals surface area contributed by atoms with E-state index in [1.807, 2.05) is 42.5 Å². The molecule has 3 aromatic rings. The molecule has 0 radical (unpaired) electrons. The SMILES string of the molecule is O=C(CSc1ccc([N+](=O)[O-])cc1)NCCOc1ccc2ccccc2c1. The quantitative estimate of drug-likeness (QED) is 0.275. The zero-order valence-electron chi connectivity index (χ0n) is 14.5. The van der Waals surface area contributed by atoms with Crippen LogP contribution in [-0.4, -0.2) is 29.7 Å². The van der Waals surface area contributed by atoms with Gasteiger partial charge in [-0.15, -0.1) is 11.8 Å². The number of amides is 1. The van der Waals surface area contributed by atoms with Crippen LogP contribution < -0.4 is 10.1 Å². The molecule has 0 atom stereocenters. The van der Waals surface area contributed by atoms with Gasteiger partial charge in [0.2, 0.25) is 5.91 Å². The van der Waals surface area contributed by atoms with E-state index in [1.54, 1.807) is 12.1 Å². The maximum absolute atomic E-state index is 11.9. The molecule has 0 aliphatic carbocycles. The van der Waals surface area contributed by atoms with E-state index in [0.717, 1.165) is 21.4 Å². The van der Waals surface area contributed by atoms with Crippen LogP contribution in [-0.2, 0) is 4.79 Å². The Morgan fingerprint density at radius 1 is 1.04 bits per heavy atom. The summed E-state index contributed by atoms with van der Waals surface area (Å²) >= 11 is 1.33. The number of thioether (sulfide) groups is 1. The maximum Gasteiger partial charge on any atom is 0.269 e. The lowest BCUT2D eigenvalue weighted by molar-refractivity contribution is -0.384. The first-order valence-electron chi connectivity index (χ1n) is 8.37. The monoisotopic (exact) mass is 382 g/mol. The summed E-state index contributed by atoms with van der Waals surface area (Å²) in [5.41, 5.74) is 0.0367. The fraction of sp³-hybridized carbons (Fsp3) is 0.150. The molecule has 27 heavy (non-hydrogen) atoms. The van der Waals surface area contributed by atoms with Crippen molar-refractivity contribution < 1.29 is 14.5 Å². The lowest BCUT2D eigenvalue weighted by Gasteiger charge is -2.08. The van der Waals surface area contributed by atoms with Crippen LogP contribution in [0.15, 0.2) is 71.6 Å². The van der Waals surface area contributed by atoms with E-state index in [2.05, 4.69) is 5.32 Å². The largest absolute Gasteiger partial charge is 0.492 e. The first-order chi connectivity index (χ1) is 13.1. The van der Waals surface area contributed by atoms with Gasteiger partial charge in [0.1, 0.15) is 12.4 Å². The molecule has 0 spiro atoms. The highest BCUT2D eigenvalue weighted by Gasteiger charge is 2.06.